The molecule has 0 spiro atoms. The third-order valence-corrected chi connectivity index (χ3v) is 4.55. The number of rotatable bonds is 5. The quantitative estimate of drug-likeness (QED) is 0.565. The van der Waals surface area contributed by atoms with Gasteiger partial charge in [-0.3, -0.25) is 4.68 Å². The largest absolute Gasteiger partial charge is 0.493 e. The van der Waals surface area contributed by atoms with Crippen molar-refractivity contribution in [2.24, 2.45) is 0 Å². The predicted molar refractivity (Wildman–Crippen MR) is 98.2 cm³/mol. The fourth-order valence-corrected chi connectivity index (χ4v) is 3.08. The Kier molecular flexibility index (Phi) is 4.15. The van der Waals surface area contributed by atoms with Crippen LogP contribution in [0.5, 0.6) is 5.88 Å². The number of aromatic nitrogens is 5. The summed E-state index contributed by atoms with van der Waals surface area (Å²) < 4.78 is 8.06. The summed E-state index contributed by atoms with van der Waals surface area (Å²) in [7, 11) is 0. The fourth-order valence-electron chi connectivity index (χ4n) is 3.08. The number of aromatic hydroxyl groups is 1. The van der Waals surface area contributed by atoms with Crippen LogP contribution in [-0.4, -0.2) is 29.6 Å². The highest BCUT2D eigenvalue weighted by molar-refractivity contribution is 5.37. The second-order valence-electron chi connectivity index (χ2n) is 6.43. The zero-order chi connectivity index (χ0) is 19.0. The monoisotopic (exact) mass is 365 g/mol. The van der Waals surface area contributed by atoms with Crippen LogP contribution >= 0.6 is 0 Å². The number of aryl methyl sites for hydroxylation is 2. The minimum Gasteiger partial charge on any atom is -0.493 e. The molecule has 4 aromatic rings. The number of benzene rings is 1. The van der Waals surface area contributed by atoms with Crippen LogP contribution in [0.1, 0.15) is 28.3 Å². The normalized spacial score (nSPS) is 11.2. The minimum atomic E-state index is -0.407. The van der Waals surface area contributed by atoms with E-state index in [1.165, 1.54) is 4.57 Å². The second kappa shape index (κ2) is 6.64. The molecule has 0 saturated carbocycles. The molecule has 0 radical (unpaired) electrons. The Hall–Kier alpha value is -3.55. The maximum absolute atomic E-state index is 12.4. The van der Waals surface area contributed by atoms with E-state index in [9.17, 15) is 9.90 Å². The van der Waals surface area contributed by atoms with Gasteiger partial charge in [-0.15, -0.1) is 0 Å². The Bertz CT molecular complexity index is 1110. The third-order valence-electron chi connectivity index (χ3n) is 4.55. The van der Waals surface area contributed by atoms with Crippen molar-refractivity contribution in [1.29, 1.82) is 0 Å². The molecular weight excluding hydrogens is 346 g/mol. The first kappa shape index (κ1) is 16.9. The number of imidazole rings is 1. The summed E-state index contributed by atoms with van der Waals surface area (Å²) in [6.07, 6.45) is 3.68. The van der Waals surface area contributed by atoms with Crippen molar-refractivity contribution in [2.75, 3.05) is 0 Å². The van der Waals surface area contributed by atoms with Crippen molar-refractivity contribution in [3.63, 3.8) is 0 Å². The van der Waals surface area contributed by atoms with Crippen molar-refractivity contribution < 1.29 is 9.63 Å². The van der Waals surface area contributed by atoms with Crippen LogP contribution in [0.3, 0.4) is 0 Å². The van der Waals surface area contributed by atoms with Crippen LogP contribution in [0.25, 0.3) is 5.69 Å². The molecular formula is C19H19N5O3. The molecule has 0 amide bonds. The zero-order valence-electron chi connectivity index (χ0n) is 15.0. The van der Waals surface area contributed by atoms with Gasteiger partial charge in [-0.2, -0.15) is 5.10 Å². The SMILES string of the molecule is Cc1noc(C)c1Cn1cc(-n2c(O)c(Cc3ccccc3)[nH]c2=O)cn1. The first-order chi connectivity index (χ1) is 13.0. The lowest BCUT2D eigenvalue weighted by atomic mass is 10.1. The van der Waals surface area contributed by atoms with Gasteiger partial charge in [0.05, 0.1) is 29.8 Å². The summed E-state index contributed by atoms with van der Waals surface area (Å²) in [5.41, 5.74) is 3.28. The Balaban J connectivity index is 1.63. The molecule has 0 atom stereocenters. The maximum Gasteiger partial charge on any atom is 0.333 e. The molecule has 8 heteroatoms. The molecule has 0 saturated heterocycles. The summed E-state index contributed by atoms with van der Waals surface area (Å²) in [5.74, 6) is 0.622. The number of hydrogen-bond acceptors (Lipinski definition) is 5. The highest BCUT2D eigenvalue weighted by atomic mass is 16.5. The van der Waals surface area contributed by atoms with E-state index in [1.807, 2.05) is 44.2 Å². The highest BCUT2D eigenvalue weighted by Gasteiger charge is 2.17. The van der Waals surface area contributed by atoms with Crippen molar-refractivity contribution >= 4 is 0 Å². The van der Waals surface area contributed by atoms with Crippen molar-refractivity contribution in [3.05, 3.63) is 81.5 Å². The maximum atomic E-state index is 12.4. The van der Waals surface area contributed by atoms with E-state index in [-0.39, 0.29) is 5.88 Å². The molecule has 0 fully saturated rings. The molecule has 0 unspecified atom stereocenters. The lowest BCUT2D eigenvalue weighted by molar-refractivity contribution is 0.391. The van der Waals surface area contributed by atoms with Gasteiger partial charge in [-0.1, -0.05) is 35.5 Å². The molecule has 0 bridgehead atoms. The summed E-state index contributed by atoms with van der Waals surface area (Å²) in [6.45, 7) is 4.19. The molecule has 0 aliphatic rings. The van der Waals surface area contributed by atoms with E-state index >= 15 is 0 Å². The van der Waals surface area contributed by atoms with Crippen LogP contribution in [-0.2, 0) is 13.0 Å². The Morgan fingerprint density at radius 1 is 1.22 bits per heavy atom. The van der Waals surface area contributed by atoms with Crippen LogP contribution in [0.15, 0.2) is 52.0 Å². The number of aromatic amines is 1. The van der Waals surface area contributed by atoms with Crippen LogP contribution < -0.4 is 5.69 Å². The summed E-state index contributed by atoms with van der Waals surface area (Å²) in [5, 5.41) is 18.8. The molecule has 27 heavy (non-hydrogen) atoms. The van der Waals surface area contributed by atoms with Gasteiger partial charge in [-0.25, -0.2) is 9.36 Å². The van der Waals surface area contributed by atoms with E-state index in [1.54, 1.807) is 17.1 Å². The zero-order valence-corrected chi connectivity index (χ0v) is 15.0. The average Bonchev–Trinajstić information content (AvgIpc) is 3.31. The molecule has 8 nitrogen and oxygen atoms in total. The van der Waals surface area contributed by atoms with Crippen LogP contribution in [0, 0.1) is 13.8 Å². The van der Waals surface area contributed by atoms with Gasteiger partial charge < -0.3 is 14.6 Å². The average molecular weight is 365 g/mol. The van der Waals surface area contributed by atoms with Gasteiger partial charge in [0.2, 0.25) is 5.88 Å². The first-order valence-corrected chi connectivity index (χ1v) is 8.54. The smallest absolute Gasteiger partial charge is 0.333 e. The standard InChI is InChI=1S/C19H19N5O3/c1-12-16(13(2)27-22-12)11-23-10-15(9-20-23)24-18(25)17(21-19(24)26)8-14-6-4-3-5-7-14/h3-7,9-10,25H,8,11H2,1-2H3,(H,21,26). The molecule has 1 aromatic carbocycles. The van der Waals surface area contributed by atoms with E-state index in [0.29, 0.717) is 24.3 Å². The van der Waals surface area contributed by atoms with Gasteiger partial charge in [0.25, 0.3) is 0 Å². The third kappa shape index (κ3) is 3.17. The lowest BCUT2D eigenvalue weighted by Crippen LogP contribution is -2.14. The summed E-state index contributed by atoms with van der Waals surface area (Å²) in [6, 6.07) is 9.64. The number of H-pyrrole nitrogens is 1. The molecule has 3 heterocycles. The Labute approximate surface area is 154 Å². The van der Waals surface area contributed by atoms with Crippen molar-refractivity contribution in [2.45, 2.75) is 26.8 Å². The molecule has 0 aliphatic heterocycles. The van der Waals surface area contributed by atoms with Gasteiger partial charge in [0, 0.05) is 18.2 Å². The van der Waals surface area contributed by atoms with Gasteiger partial charge in [-0.05, 0) is 19.4 Å². The van der Waals surface area contributed by atoms with Gasteiger partial charge in [0.1, 0.15) is 5.76 Å². The minimum absolute atomic E-state index is 0.110. The van der Waals surface area contributed by atoms with E-state index in [0.717, 1.165) is 22.6 Å². The lowest BCUT2D eigenvalue weighted by Gasteiger charge is -2.02. The number of nitrogens with zero attached hydrogens (tertiary/aromatic N) is 4. The number of hydrogen-bond donors (Lipinski definition) is 2. The molecule has 0 aliphatic carbocycles. The van der Waals surface area contributed by atoms with Gasteiger partial charge >= 0.3 is 5.69 Å². The van der Waals surface area contributed by atoms with E-state index in [4.69, 9.17) is 4.52 Å². The topological polar surface area (TPSA) is 102 Å². The van der Waals surface area contributed by atoms with Crippen molar-refractivity contribution in [3.8, 4) is 11.6 Å². The Morgan fingerprint density at radius 3 is 2.70 bits per heavy atom. The molecule has 138 valence electrons. The number of nitrogens with one attached hydrogen (secondary N) is 1. The highest BCUT2D eigenvalue weighted by Crippen LogP contribution is 2.21. The second-order valence-corrected chi connectivity index (χ2v) is 6.43. The van der Waals surface area contributed by atoms with Crippen LogP contribution in [0.2, 0.25) is 0 Å². The summed E-state index contributed by atoms with van der Waals surface area (Å²) >= 11 is 0. The van der Waals surface area contributed by atoms with E-state index < -0.39 is 5.69 Å². The molecule has 3 aromatic heterocycles. The van der Waals surface area contributed by atoms with Crippen molar-refractivity contribution in [1.82, 2.24) is 24.5 Å². The Morgan fingerprint density at radius 2 is 2.00 bits per heavy atom. The summed E-state index contributed by atoms with van der Waals surface area (Å²) in [4.78, 5) is 15.1. The fraction of sp³-hybridized carbons (Fsp3) is 0.211. The van der Waals surface area contributed by atoms with Gasteiger partial charge in [0.15, 0.2) is 0 Å². The first-order valence-electron chi connectivity index (χ1n) is 8.54. The predicted octanol–water partition coefficient (Wildman–Crippen LogP) is 2.31. The molecule has 2 N–H and O–H groups in total. The molecule has 4 rings (SSSR count). The van der Waals surface area contributed by atoms with Crippen LogP contribution in [0.4, 0.5) is 0 Å². The van der Waals surface area contributed by atoms with E-state index in [2.05, 4.69) is 15.2 Å².